The molecule has 0 aliphatic carbocycles. The molecule has 108 valence electrons. The van der Waals surface area contributed by atoms with E-state index in [1.165, 1.54) is 31.3 Å². The van der Waals surface area contributed by atoms with Crippen LogP contribution in [0.4, 0.5) is 5.69 Å². The summed E-state index contributed by atoms with van der Waals surface area (Å²) in [5.74, 6) is -0.471. The van der Waals surface area contributed by atoms with Crippen molar-refractivity contribution in [2.45, 2.75) is 13.5 Å². The van der Waals surface area contributed by atoms with E-state index >= 15 is 0 Å². The first kappa shape index (κ1) is 14.4. The van der Waals surface area contributed by atoms with Gasteiger partial charge in [0.1, 0.15) is 5.69 Å². The third-order valence-corrected chi connectivity index (χ3v) is 2.93. The van der Waals surface area contributed by atoms with E-state index in [-0.39, 0.29) is 23.9 Å². The maximum absolute atomic E-state index is 11.9. The van der Waals surface area contributed by atoms with Gasteiger partial charge in [-0.05, 0) is 18.6 Å². The number of non-ortho nitro benzene ring substituents is 1. The Kier molecular flexibility index (Phi) is 4.13. The van der Waals surface area contributed by atoms with Crippen LogP contribution in [-0.4, -0.2) is 21.6 Å². The SMILES string of the molecule is CC(=O)c1c[nH]c(C(=O)NCc2ccc([N+](=O)[O-])cc2)c1. The van der Waals surface area contributed by atoms with Gasteiger partial charge in [-0.25, -0.2) is 0 Å². The number of hydrogen-bond donors (Lipinski definition) is 2. The van der Waals surface area contributed by atoms with Crippen LogP contribution in [-0.2, 0) is 6.54 Å². The second kappa shape index (κ2) is 6.00. The van der Waals surface area contributed by atoms with Crippen molar-refractivity contribution in [3.05, 3.63) is 63.5 Å². The van der Waals surface area contributed by atoms with Gasteiger partial charge in [0.05, 0.1) is 4.92 Å². The number of nitro benzene ring substituents is 1. The summed E-state index contributed by atoms with van der Waals surface area (Å²) in [6.45, 7) is 1.66. The summed E-state index contributed by atoms with van der Waals surface area (Å²) >= 11 is 0. The standard InChI is InChI=1S/C14H13N3O4/c1-9(18)11-6-13(15-8-11)14(19)16-7-10-2-4-12(5-3-10)17(20)21/h2-6,8,15H,7H2,1H3,(H,16,19). The average Bonchev–Trinajstić information content (AvgIpc) is 2.95. The highest BCUT2D eigenvalue weighted by Crippen LogP contribution is 2.12. The van der Waals surface area contributed by atoms with Gasteiger partial charge in [0.25, 0.3) is 11.6 Å². The van der Waals surface area contributed by atoms with Crippen molar-refractivity contribution >= 4 is 17.4 Å². The van der Waals surface area contributed by atoms with Crippen molar-refractivity contribution in [1.82, 2.24) is 10.3 Å². The third-order valence-electron chi connectivity index (χ3n) is 2.93. The molecule has 2 aromatic rings. The van der Waals surface area contributed by atoms with Crippen molar-refractivity contribution in [3.8, 4) is 0 Å². The van der Waals surface area contributed by atoms with Gasteiger partial charge in [-0.3, -0.25) is 19.7 Å². The number of aromatic nitrogens is 1. The molecule has 0 fully saturated rings. The lowest BCUT2D eigenvalue weighted by atomic mass is 10.2. The Hall–Kier alpha value is -2.96. The number of hydrogen-bond acceptors (Lipinski definition) is 4. The zero-order chi connectivity index (χ0) is 15.4. The molecule has 0 atom stereocenters. The Labute approximate surface area is 120 Å². The zero-order valence-electron chi connectivity index (χ0n) is 11.3. The summed E-state index contributed by atoms with van der Waals surface area (Å²) < 4.78 is 0. The van der Waals surface area contributed by atoms with Crippen LogP contribution in [0.2, 0.25) is 0 Å². The molecule has 0 bridgehead atoms. The maximum Gasteiger partial charge on any atom is 0.269 e. The van der Waals surface area contributed by atoms with Crippen LogP contribution in [0.1, 0.15) is 33.3 Å². The quantitative estimate of drug-likeness (QED) is 0.498. The number of Topliss-reactive ketones (excluding diaryl/α,β-unsaturated/α-hetero) is 1. The first-order valence-electron chi connectivity index (χ1n) is 6.18. The van der Waals surface area contributed by atoms with Gasteiger partial charge in [0.15, 0.2) is 5.78 Å². The van der Waals surface area contributed by atoms with Crippen LogP contribution in [0, 0.1) is 10.1 Å². The summed E-state index contributed by atoms with van der Waals surface area (Å²) in [6, 6.07) is 7.39. The Balaban J connectivity index is 1.97. The number of H-pyrrole nitrogens is 1. The molecule has 1 heterocycles. The molecule has 0 saturated heterocycles. The number of nitrogens with zero attached hydrogens (tertiary/aromatic N) is 1. The van der Waals surface area contributed by atoms with Crippen LogP contribution < -0.4 is 5.32 Å². The van der Waals surface area contributed by atoms with Gasteiger partial charge in [0, 0.05) is 30.4 Å². The lowest BCUT2D eigenvalue weighted by Crippen LogP contribution is -2.23. The second-order valence-electron chi connectivity index (χ2n) is 4.46. The van der Waals surface area contributed by atoms with Crippen molar-refractivity contribution in [3.63, 3.8) is 0 Å². The number of nitro groups is 1. The fraction of sp³-hybridized carbons (Fsp3) is 0.143. The summed E-state index contributed by atoms with van der Waals surface area (Å²) in [7, 11) is 0. The van der Waals surface area contributed by atoms with Gasteiger partial charge in [-0.2, -0.15) is 0 Å². The van der Waals surface area contributed by atoms with Gasteiger partial charge in [-0.1, -0.05) is 12.1 Å². The minimum Gasteiger partial charge on any atom is -0.356 e. The fourth-order valence-electron chi connectivity index (χ4n) is 1.74. The Morgan fingerprint density at radius 2 is 1.95 bits per heavy atom. The Bertz CT molecular complexity index is 688. The maximum atomic E-state index is 11.9. The predicted octanol–water partition coefficient (Wildman–Crippen LogP) is 2.06. The molecule has 7 nitrogen and oxygen atoms in total. The Morgan fingerprint density at radius 3 is 2.48 bits per heavy atom. The number of carbonyl (C=O) groups excluding carboxylic acids is 2. The summed E-state index contributed by atoms with van der Waals surface area (Å²) in [5.41, 5.74) is 1.48. The number of benzene rings is 1. The van der Waals surface area contributed by atoms with Crippen LogP contribution in [0.3, 0.4) is 0 Å². The number of carbonyl (C=O) groups is 2. The second-order valence-corrected chi connectivity index (χ2v) is 4.46. The molecule has 1 aromatic carbocycles. The van der Waals surface area contributed by atoms with Gasteiger partial charge in [-0.15, -0.1) is 0 Å². The van der Waals surface area contributed by atoms with Crippen molar-refractivity contribution in [2.75, 3.05) is 0 Å². The van der Waals surface area contributed by atoms with E-state index in [0.717, 1.165) is 5.56 Å². The van der Waals surface area contributed by atoms with E-state index in [9.17, 15) is 19.7 Å². The summed E-state index contributed by atoms with van der Waals surface area (Å²) in [4.78, 5) is 35.8. The van der Waals surface area contributed by atoms with Crippen molar-refractivity contribution in [2.24, 2.45) is 0 Å². The van der Waals surface area contributed by atoms with E-state index < -0.39 is 4.92 Å². The highest BCUT2D eigenvalue weighted by atomic mass is 16.6. The minimum absolute atomic E-state index is 0.000504. The van der Waals surface area contributed by atoms with Crippen LogP contribution >= 0.6 is 0 Å². The molecule has 0 aliphatic heterocycles. The first-order chi connectivity index (χ1) is 9.97. The van der Waals surface area contributed by atoms with E-state index in [2.05, 4.69) is 10.3 Å². The zero-order valence-corrected chi connectivity index (χ0v) is 11.3. The molecule has 2 rings (SSSR count). The summed E-state index contributed by atoms with van der Waals surface area (Å²) in [6.07, 6.45) is 1.48. The number of amides is 1. The first-order valence-corrected chi connectivity index (χ1v) is 6.18. The average molecular weight is 287 g/mol. The number of aromatic amines is 1. The fourth-order valence-corrected chi connectivity index (χ4v) is 1.74. The van der Waals surface area contributed by atoms with Crippen molar-refractivity contribution in [1.29, 1.82) is 0 Å². The number of ketones is 1. The normalized spacial score (nSPS) is 10.1. The van der Waals surface area contributed by atoms with Crippen LogP contribution in [0.5, 0.6) is 0 Å². The molecule has 1 amide bonds. The lowest BCUT2D eigenvalue weighted by Gasteiger charge is -2.03. The highest BCUT2D eigenvalue weighted by molar-refractivity contribution is 5.99. The van der Waals surface area contributed by atoms with Crippen LogP contribution in [0.15, 0.2) is 36.5 Å². The smallest absolute Gasteiger partial charge is 0.269 e. The largest absolute Gasteiger partial charge is 0.356 e. The van der Waals surface area contributed by atoms with Gasteiger partial charge in [0.2, 0.25) is 0 Å². The highest BCUT2D eigenvalue weighted by Gasteiger charge is 2.10. The summed E-state index contributed by atoms with van der Waals surface area (Å²) in [5, 5.41) is 13.2. The molecule has 0 saturated carbocycles. The monoisotopic (exact) mass is 287 g/mol. The topological polar surface area (TPSA) is 105 Å². The molecule has 0 unspecified atom stereocenters. The van der Waals surface area contributed by atoms with E-state index in [0.29, 0.717) is 11.3 Å². The molecule has 7 heteroatoms. The van der Waals surface area contributed by atoms with E-state index in [4.69, 9.17) is 0 Å². The Morgan fingerprint density at radius 1 is 1.29 bits per heavy atom. The molecular weight excluding hydrogens is 274 g/mol. The molecule has 21 heavy (non-hydrogen) atoms. The van der Waals surface area contributed by atoms with Gasteiger partial charge >= 0.3 is 0 Å². The molecule has 0 spiro atoms. The third kappa shape index (κ3) is 3.53. The molecule has 1 aromatic heterocycles. The molecule has 0 aliphatic rings. The minimum atomic E-state index is -0.482. The van der Waals surface area contributed by atoms with Gasteiger partial charge < -0.3 is 10.3 Å². The number of nitrogens with one attached hydrogen (secondary N) is 2. The van der Waals surface area contributed by atoms with Crippen molar-refractivity contribution < 1.29 is 14.5 Å². The molecule has 2 N–H and O–H groups in total. The van der Waals surface area contributed by atoms with E-state index in [1.54, 1.807) is 12.1 Å². The molecule has 0 radical (unpaired) electrons. The van der Waals surface area contributed by atoms with Crippen LogP contribution in [0.25, 0.3) is 0 Å². The lowest BCUT2D eigenvalue weighted by molar-refractivity contribution is -0.384. The number of rotatable bonds is 5. The predicted molar refractivity (Wildman–Crippen MR) is 75.1 cm³/mol. The van der Waals surface area contributed by atoms with E-state index in [1.807, 2.05) is 0 Å². The molecular formula is C14H13N3O4.